The van der Waals surface area contributed by atoms with Gasteiger partial charge in [0.2, 0.25) is 0 Å². The second kappa shape index (κ2) is 5.70. The molecule has 0 bridgehead atoms. The van der Waals surface area contributed by atoms with Crippen LogP contribution in [0.25, 0.3) is 0 Å². The van der Waals surface area contributed by atoms with Crippen LogP contribution in [-0.4, -0.2) is 5.11 Å². The maximum Gasteiger partial charge on any atom is 0.185 e. The number of phenols is 1. The first-order chi connectivity index (χ1) is 9.40. The van der Waals surface area contributed by atoms with E-state index >= 15 is 0 Å². The highest BCUT2D eigenvalue weighted by Crippen LogP contribution is 2.27. The number of nitrogens with one attached hydrogen (secondary N) is 1. The minimum Gasteiger partial charge on any atom is -0.508 e. The number of benzene rings is 2. The number of phenolic OH excluding ortho intramolecular Hbond substituents is 1. The molecule has 20 heavy (non-hydrogen) atoms. The lowest BCUT2D eigenvalue weighted by Crippen LogP contribution is -2.07. The van der Waals surface area contributed by atoms with Crippen LogP contribution in [-0.2, 0) is 6.54 Å². The molecule has 2 nitrogen and oxygen atoms in total. The molecule has 2 aromatic rings. The molecule has 0 aliphatic carbocycles. The predicted octanol–water partition coefficient (Wildman–Crippen LogP) is 4.32. The Bertz CT molecular complexity index is 637. The van der Waals surface area contributed by atoms with Crippen molar-refractivity contribution in [3.63, 3.8) is 0 Å². The minimum absolute atomic E-state index is 0.113. The number of hydrogen-bond acceptors (Lipinski definition) is 2. The van der Waals surface area contributed by atoms with E-state index in [4.69, 9.17) is 0 Å². The Labute approximate surface area is 120 Å². The van der Waals surface area contributed by atoms with Gasteiger partial charge in [-0.25, -0.2) is 17.6 Å². The molecule has 0 aromatic heterocycles. The van der Waals surface area contributed by atoms with Crippen molar-refractivity contribution < 1.29 is 22.7 Å². The average Bonchev–Trinajstić information content (AvgIpc) is 2.40. The van der Waals surface area contributed by atoms with Crippen LogP contribution in [0.5, 0.6) is 5.75 Å². The topological polar surface area (TPSA) is 32.3 Å². The highest BCUT2D eigenvalue weighted by molar-refractivity contribution is 9.10. The van der Waals surface area contributed by atoms with Gasteiger partial charge in [0.1, 0.15) is 11.4 Å². The van der Waals surface area contributed by atoms with Crippen LogP contribution < -0.4 is 5.32 Å². The van der Waals surface area contributed by atoms with Crippen molar-refractivity contribution in [1.29, 1.82) is 0 Å². The van der Waals surface area contributed by atoms with Gasteiger partial charge in [-0.1, -0.05) is 15.9 Å². The van der Waals surface area contributed by atoms with E-state index in [0.717, 1.165) is 0 Å². The van der Waals surface area contributed by atoms with Gasteiger partial charge >= 0.3 is 0 Å². The largest absolute Gasteiger partial charge is 0.508 e. The molecule has 0 amide bonds. The Morgan fingerprint density at radius 3 is 2.20 bits per heavy atom. The van der Waals surface area contributed by atoms with Crippen LogP contribution in [0, 0.1) is 23.3 Å². The molecule has 0 spiro atoms. The van der Waals surface area contributed by atoms with Gasteiger partial charge < -0.3 is 10.4 Å². The van der Waals surface area contributed by atoms with Crippen LogP contribution in [0.2, 0.25) is 0 Å². The molecule has 0 heterocycles. The van der Waals surface area contributed by atoms with Crippen molar-refractivity contribution in [3.8, 4) is 5.75 Å². The minimum atomic E-state index is -1.52. The zero-order valence-corrected chi connectivity index (χ0v) is 11.4. The van der Waals surface area contributed by atoms with Crippen LogP contribution in [0.1, 0.15) is 5.56 Å². The van der Waals surface area contributed by atoms with Crippen molar-refractivity contribution in [2.45, 2.75) is 6.54 Å². The molecule has 0 atom stereocenters. The molecular formula is C13H8BrF4NO. The van der Waals surface area contributed by atoms with E-state index in [1.165, 1.54) is 12.1 Å². The SMILES string of the molecule is Oc1ccc(Br)cc1CNc1c(F)c(F)cc(F)c1F. The lowest BCUT2D eigenvalue weighted by atomic mass is 10.2. The van der Waals surface area contributed by atoms with E-state index in [-0.39, 0.29) is 18.4 Å². The summed E-state index contributed by atoms with van der Waals surface area (Å²) in [6.45, 7) is -0.206. The molecule has 0 unspecified atom stereocenters. The van der Waals surface area contributed by atoms with Gasteiger partial charge in [-0.2, -0.15) is 0 Å². The van der Waals surface area contributed by atoms with E-state index in [1.807, 2.05) is 0 Å². The van der Waals surface area contributed by atoms with Crippen molar-refractivity contribution in [1.82, 2.24) is 0 Å². The van der Waals surface area contributed by atoms with Crippen LogP contribution in [0.15, 0.2) is 28.7 Å². The molecule has 2 rings (SSSR count). The van der Waals surface area contributed by atoms with Gasteiger partial charge in [0.05, 0.1) is 0 Å². The summed E-state index contributed by atoms with van der Waals surface area (Å²) in [5.41, 5.74) is -0.607. The molecular weight excluding hydrogens is 342 g/mol. The number of anilines is 1. The standard InChI is InChI=1S/C13H8BrF4NO/c14-7-1-2-10(20)6(3-7)5-19-13-11(17)8(15)4-9(16)12(13)18/h1-4,19-20H,5H2. The molecule has 106 valence electrons. The predicted molar refractivity (Wildman–Crippen MR) is 69.4 cm³/mol. The molecule has 0 aliphatic heterocycles. The fourth-order valence-electron chi connectivity index (χ4n) is 1.61. The molecule has 7 heteroatoms. The summed E-state index contributed by atoms with van der Waals surface area (Å²) >= 11 is 3.17. The number of hydrogen-bond donors (Lipinski definition) is 2. The molecule has 0 fully saturated rings. The summed E-state index contributed by atoms with van der Waals surface area (Å²) in [5.74, 6) is -6.13. The fraction of sp³-hybridized carbons (Fsp3) is 0.0769. The summed E-state index contributed by atoms with van der Waals surface area (Å²) in [7, 11) is 0. The molecule has 0 saturated carbocycles. The highest BCUT2D eigenvalue weighted by Gasteiger charge is 2.19. The zero-order chi connectivity index (χ0) is 14.9. The lowest BCUT2D eigenvalue weighted by Gasteiger charge is -2.11. The summed E-state index contributed by atoms with van der Waals surface area (Å²) in [6.07, 6.45) is 0. The van der Waals surface area contributed by atoms with Gasteiger partial charge in [0.15, 0.2) is 23.3 Å². The third kappa shape index (κ3) is 2.87. The lowest BCUT2D eigenvalue weighted by molar-refractivity contribution is 0.457. The van der Waals surface area contributed by atoms with E-state index in [0.29, 0.717) is 10.0 Å². The van der Waals surface area contributed by atoms with E-state index in [2.05, 4.69) is 21.2 Å². The van der Waals surface area contributed by atoms with Crippen molar-refractivity contribution in [2.24, 2.45) is 0 Å². The van der Waals surface area contributed by atoms with Gasteiger partial charge in [0, 0.05) is 22.6 Å². The van der Waals surface area contributed by atoms with Gasteiger partial charge in [-0.15, -0.1) is 0 Å². The van der Waals surface area contributed by atoms with Crippen LogP contribution in [0.4, 0.5) is 23.2 Å². The average molecular weight is 350 g/mol. The van der Waals surface area contributed by atoms with Gasteiger partial charge in [0.25, 0.3) is 0 Å². The Balaban J connectivity index is 2.30. The van der Waals surface area contributed by atoms with Crippen molar-refractivity contribution in [3.05, 3.63) is 57.6 Å². The van der Waals surface area contributed by atoms with E-state index in [9.17, 15) is 22.7 Å². The third-order valence-corrected chi connectivity index (χ3v) is 3.10. The molecule has 2 aromatic carbocycles. The monoisotopic (exact) mass is 349 g/mol. The van der Waals surface area contributed by atoms with E-state index < -0.39 is 29.0 Å². The third-order valence-electron chi connectivity index (χ3n) is 2.61. The Hall–Kier alpha value is -1.76. The first-order valence-corrected chi connectivity index (χ1v) is 6.23. The maximum atomic E-state index is 13.4. The van der Waals surface area contributed by atoms with Crippen LogP contribution >= 0.6 is 15.9 Å². The smallest absolute Gasteiger partial charge is 0.185 e. The Morgan fingerprint density at radius 2 is 1.60 bits per heavy atom. The Morgan fingerprint density at radius 1 is 1.00 bits per heavy atom. The zero-order valence-electron chi connectivity index (χ0n) is 9.85. The second-order valence-corrected chi connectivity index (χ2v) is 4.89. The van der Waals surface area contributed by atoms with Gasteiger partial charge in [-0.3, -0.25) is 0 Å². The van der Waals surface area contributed by atoms with Crippen LogP contribution in [0.3, 0.4) is 0 Å². The van der Waals surface area contributed by atoms with Crippen molar-refractivity contribution in [2.75, 3.05) is 5.32 Å². The number of aromatic hydroxyl groups is 1. The van der Waals surface area contributed by atoms with Gasteiger partial charge in [-0.05, 0) is 18.2 Å². The number of rotatable bonds is 3. The summed E-state index contributed by atoms with van der Waals surface area (Å²) in [5, 5.41) is 11.8. The van der Waals surface area contributed by atoms with E-state index in [1.54, 1.807) is 6.07 Å². The molecule has 2 N–H and O–H groups in total. The Kier molecular flexibility index (Phi) is 4.17. The summed E-state index contributed by atoms with van der Waals surface area (Å²) in [4.78, 5) is 0. The number of halogens is 5. The quantitative estimate of drug-likeness (QED) is 0.638. The normalized spacial score (nSPS) is 10.7. The highest BCUT2D eigenvalue weighted by atomic mass is 79.9. The first kappa shape index (κ1) is 14.6. The fourth-order valence-corrected chi connectivity index (χ4v) is 2.02. The summed E-state index contributed by atoms with van der Waals surface area (Å²) in [6, 6.07) is 4.59. The van der Waals surface area contributed by atoms with Crippen molar-refractivity contribution >= 4 is 21.6 Å². The maximum absolute atomic E-state index is 13.4. The molecule has 0 aliphatic rings. The first-order valence-electron chi connectivity index (χ1n) is 5.44. The second-order valence-electron chi connectivity index (χ2n) is 3.97. The summed E-state index contributed by atoms with van der Waals surface area (Å²) < 4.78 is 53.5. The molecule has 0 radical (unpaired) electrons. The molecule has 0 saturated heterocycles.